The van der Waals surface area contributed by atoms with Gasteiger partial charge in [0.05, 0.1) is 19.2 Å². The number of rotatable bonds is 7. The van der Waals surface area contributed by atoms with Crippen molar-refractivity contribution >= 4 is 28.3 Å². The van der Waals surface area contributed by atoms with E-state index in [4.69, 9.17) is 14.0 Å². The molecule has 4 aromatic rings. The molecule has 0 saturated carbocycles. The molecule has 2 heterocycles. The number of aromatic nitrogens is 3. The highest BCUT2D eigenvalue weighted by Crippen LogP contribution is 2.23. The molecule has 0 aliphatic carbocycles. The summed E-state index contributed by atoms with van der Waals surface area (Å²) in [5.74, 6) is -0.452. The van der Waals surface area contributed by atoms with Crippen LogP contribution in [0.25, 0.3) is 10.8 Å². The Morgan fingerprint density at radius 2 is 1.91 bits per heavy atom. The van der Waals surface area contributed by atoms with Crippen molar-refractivity contribution in [2.24, 2.45) is 0 Å². The van der Waals surface area contributed by atoms with Gasteiger partial charge in [-0.05, 0) is 29.7 Å². The van der Waals surface area contributed by atoms with E-state index >= 15 is 0 Å². The molecule has 10 nitrogen and oxygen atoms in total. The van der Waals surface area contributed by atoms with E-state index in [9.17, 15) is 14.4 Å². The van der Waals surface area contributed by atoms with E-state index in [2.05, 4.69) is 20.4 Å². The first-order valence-corrected chi connectivity index (χ1v) is 9.57. The number of benzene rings is 2. The second-order valence-corrected chi connectivity index (χ2v) is 6.71. The van der Waals surface area contributed by atoms with Crippen LogP contribution in [0.2, 0.25) is 0 Å². The highest BCUT2D eigenvalue weighted by atomic mass is 16.6. The lowest BCUT2D eigenvalue weighted by molar-refractivity contribution is -0.115. The third-order valence-corrected chi connectivity index (χ3v) is 4.51. The van der Waals surface area contributed by atoms with E-state index in [1.807, 2.05) is 0 Å². The van der Waals surface area contributed by atoms with Gasteiger partial charge in [-0.15, -0.1) is 0 Å². The van der Waals surface area contributed by atoms with Crippen LogP contribution >= 0.6 is 0 Å². The summed E-state index contributed by atoms with van der Waals surface area (Å²) < 4.78 is 15.4. The molecule has 2 N–H and O–H groups in total. The molecule has 0 aliphatic rings. The predicted octanol–water partition coefficient (Wildman–Crippen LogP) is 2.46. The van der Waals surface area contributed by atoms with Crippen molar-refractivity contribution in [1.82, 2.24) is 15.1 Å². The fourth-order valence-corrected chi connectivity index (χ4v) is 3.03. The van der Waals surface area contributed by atoms with Crippen LogP contribution in [0, 0.1) is 0 Å². The number of H-pyrrole nitrogens is 1. The molecule has 0 atom stereocenters. The Bertz CT molecular complexity index is 1340. The first-order chi connectivity index (χ1) is 15.5. The molecule has 0 unspecified atom stereocenters. The molecule has 4 rings (SSSR count). The predicted molar refractivity (Wildman–Crippen MR) is 113 cm³/mol. The molecule has 0 spiro atoms. The number of hydrogen-bond acceptors (Lipinski definition) is 8. The number of para-hydroxylation sites is 2. The van der Waals surface area contributed by atoms with Crippen LogP contribution < -0.4 is 15.6 Å². The maximum absolute atomic E-state index is 12.3. The molecule has 0 saturated heterocycles. The average Bonchev–Trinajstić information content (AvgIpc) is 3.24. The standard InChI is InChI=1S/C22H18N4O6/c1-30-17-9-5-4-8-15(17)23-19(27)11-18-25-20(32-26-18)12-31-22(29)16-10-13-6-2-3-7-14(13)21(28)24-16/h2-10H,11-12H2,1H3,(H,23,27)(H,24,28). The third-order valence-electron chi connectivity index (χ3n) is 4.51. The summed E-state index contributed by atoms with van der Waals surface area (Å²) in [6.07, 6.45) is -0.145. The van der Waals surface area contributed by atoms with E-state index in [1.165, 1.54) is 13.2 Å². The number of ether oxygens (including phenoxy) is 2. The molecule has 2 aromatic heterocycles. The molecular weight excluding hydrogens is 416 g/mol. The number of hydrogen-bond donors (Lipinski definition) is 2. The normalized spacial score (nSPS) is 10.7. The maximum Gasteiger partial charge on any atom is 0.355 e. The van der Waals surface area contributed by atoms with Crippen LogP contribution in [0.4, 0.5) is 5.69 Å². The van der Waals surface area contributed by atoms with Crippen LogP contribution in [0.15, 0.2) is 63.9 Å². The van der Waals surface area contributed by atoms with Gasteiger partial charge in [0.2, 0.25) is 5.91 Å². The van der Waals surface area contributed by atoms with E-state index in [0.29, 0.717) is 22.2 Å². The van der Waals surface area contributed by atoms with Crippen molar-refractivity contribution in [3.8, 4) is 5.75 Å². The lowest BCUT2D eigenvalue weighted by Gasteiger charge is -2.08. The summed E-state index contributed by atoms with van der Waals surface area (Å²) in [6, 6.07) is 15.4. The number of nitrogens with one attached hydrogen (secondary N) is 2. The molecule has 162 valence electrons. The number of carbonyl (C=O) groups is 2. The van der Waals surface area contributed by atoms with Gasteiger partial charge in [-0.2, -0.15) is 4.98 Å². The fraction of sp³-hybridized carbons (Fsp3) is 0.136. The van der Waals surface area contributed by atoms with Gasteiger partial charge in [-0.3, -0.25) is 9.59 Å². The molecule has 10 heteroatoms. The second-order valence-electron chi connectivity index (χ2n) is 6.71. The maximum atomic E-state index is 12.3. The highest BCUT2D eigenvalue weighted by Gasteiger charge is 2.16. The first-order valence-electron chi connectivity index (χ1n) is 9.57. The Kier molecular flexibility index (Phi) is 5.93. The molecule has 0 radical (unpaired) electrons. The van der Waals surface area contributed by atoms with E-state index < -0.39 is 11.5 Å². The SMILES string of the molecule is COc1ccccc1NC(=O)Cc1noc(COC(=O)c2cc3ccccc3c(=O)[nH]2)n1. The number of aromatic amines is 1. The Morgan fingerprint density at radius 1 is 1.12 bits per heavy atom. The minimum atomic E-state index is -0.749. The Hall–Kier alpha value is -4.47. The zero-order valence-corrected chi connectivity index (χ0v) is 17.0. The number of fused-ring (bicyclic) bond motifs is 1. The molecule has 0 aliphatic heterocycles. The lowest BCUT2D eigenvalue weighted by Crippen LogP contribution is -2.16. The number of amides is 1. The van der Waals surface area contributed by atoms with Crippen molar-refractivity contribution < 1.29 is 23.6 Å². The van der Waals surface area contributed by atoms with Crippen LogP contribution in [-0.2, 0) is 22.6 Å². The van der Waals surface area contributed by atoms with E-state index in [1.54, 1.807) is 48.5 Å². The number of pyridine rings is 1. The summed E-state index contributed by atoms with van der Waals surface area (Å²) in [4.78, 5) is 43.2. The summed E-state index contributed by atoms with van der Waals surface area (Å²) in [5.41, 5.74) is 0.128. The monoisotopic (exact) mass is 434 g/mol. The minimum absolute atomic E-state index is 0.00428. The zero-order chi connectivity index (χ0) is 22.5. The number of nitrogens with zero attached hydrogens (tertiary/aromatic N) is 2. The van der Waals surface area contributed by atoms with Crippen LogP contribution in [0.1, 0.15) is 22.2 Å². The van der Waals surface area contributed by atoms with Crippen molar-refractivity contribution in [2.45, 2.75) is 13.0 Å². The number of esters is 1. The Morgan fingerprint density at radius 3 is 2.75 bits per heavy atom. The van der Waals surface area contributed by atoms with Gasteiger partial charge in [-0.25, -0.2) is 4.79 Å². The van der Waals surface area contributed by atoms with E-state index in [0.717, 1.165) is 0 Å². The third kappa shape index (κ3) is 4.64. The lowest BCUT2D eigenvalue weighted by atomic mass is 10.1. The van der Waals surface area contributed by atoms with Crippen LogP contribution in [0.3, 0.4) is 0 Å². The highest BCUT2D eigenvalue weighted by molar-refractivity contribution is 5.93. The average molecular weight is 434 g/mol. The van der Waals surface area contributed by atoms with Crippen molar-refractivity contribution in [1.29, 1.82) is 0 Å². The smallest absolute Gasteiger partial charge is 0.355 e. The largest absolute Gasteiger partial charge is 0.495 e. The molecule has 32 heavy (non-hydrogen) atoms. The molecule has 1 amide bonds. The molecular formula is C22H18N4O6. The topological polar surface area (TPSA) is 136 Å². The summed E-state index contributed by atoms with van der Waals surface area (Å²) >= 11 is 0. The fourth-order valence-electron chi connectivity index (χ4n) is 3.03. The van der Waals surface area contributed by atoms with Gasteiger partial charge in [-0.1, -0.05) is 35.5 Å². The van der Waals surface area contributed by atoms with Gasteiger partial charge < -0.3 is 24.3 Å². The van der Waals surface area contributed by atoms with Crippen LogP contribution in [-0.4, -0.2) is 34.1 Å². The van der Waals surface area contributed by atoms with E-state index in [-0.39, 0.29) is 36.3 Å². The summed E-state index contributed by atoms with van der Waals surface area (Å²) in [5, 5.41) is 7.51. The minimum Gasteiger partial charge on any atom is -0.495 e. The van der Waals surface area contributed by atoms with Crippen molar-refractivity contribution in [2.75, 3.05) is 12.4 Å². The first kappa shape index (κ1) is 20.8. The molecule has 2 aromatic carbocycles. The summed E-state index contributed by atoms with van der Waals surface area (Å²) in [7, 11) is 1.51. The van der Waals surface area contributed by atoms with Gasteiger partial charge in [0.25, 0.3) is 11.4 Å². The van der Waals surface area contributed by atoms with Crippen LogP contribution in [0.5, 0.6) is 5.75 Å². The van der Waals surface area contributed by atoms with Gasteiger partial charge in [0.1, 0.15) is 11.4 Å². The Labute approximate surface area is 181 Å². The quantitative estimate of drug-likeness (QED) is 0.423. The van der Waals surface area contributed by atoms with Crippen molar-refractivity contribution in [3.63, 3.8) is 0 Å². The summed E-state index contributed by atoms with van der Waals surface area (Å²) in [6.45, 7) is -0.311. The number of methoxy groups -OCH3 is 1. The van der Waals surface area contributed by atoms with Crippen molar-refractivity contribution in [3.05, 3.63) is 82.4 Å². The van der Waals surface area contributed by atoms with Gasteiger partial charge >= 0.3 is 5.97 Å². The number of carbonyl (C=O) groups excluding carboxylic acids is 2. The van der Waals surface area contributed by atoms with Gasteiger partial charge in [0.15, 0.2) is 12.4 Å². The zero-order valence-electron chi connectivity index (χ0n) is 17.0. The molecule has 0 bridgehead atoms. The molecule has 0 fully saturated rings. The second kappa shape index (κ2) is 9.13. The Balaban J connectivity index is 1.36. The number of anilines is 1. The van der Waals surface area contributed by atoms with Gasteiger partial charge in [0, 0.05) is 5.39 Å².